The number of esters is 1. The van der Waals surface area contributed by atoms with Crippen LogP contribution < -0.4 is 15.4 Å². The number of amides is 2. The summed E-state index contributed by atoms with van der Waals surface area (Å²) in [6.45, 7) is 3.84. The molecule has 0 aliphatic rings. The highest BCUT2D eigenvalue weighted by atomic mass is 16.5. The molecular weight excluding hydrogens is 332 g/mol. The maximum atomic E-state index is 12.2. The highest BCUT2D eigenvalue weighted by Gasteiger charge is 2.26. The van der Waals surface area contributed by atoms with Gasteiger partial charge in [0.25, 0.3) is 0 Å². The van der Waals surface area contributed by atoms with Gasteiger partial charge in [0.15, 0.2) is 0 Å². The number of para-hydroxylation sites is 1. The van der Waals surface area contributed by atoms with Crippen LogP contribution in [0.3, 0.4) is 0 Å². The molecule has 2 rings (SSSR count). The van der Waals surface area contributed by atoms with Gasteiger partial charge in [-0.1, -0.05) is 38.5 Å². The second-order valence-corrected chi connectivity index (χ2v) is 5.92. The van der Waals surface area contributed by atoms with Crippen molar-refractivity contribution in [3.63, 3.8) is 0 Å². The lowest BCUT2D eigenvalue weighted by Crippen LogP contribution is -2.47. The summed E-state index contributed by atoms with van der Waals surface area (Å²) in [5.41, 5.74) is 0.593. The molecule has 0 saturated carbocycles. The number of nitrogens with one attached hydrogen (secondary N) is 2. The Balaban J connectivity index is 1.95. The second-order valence-electron chi connectivity index (χ2n) is 5.92. The molecule has 2 unspecified atom stereocenters. The van der Waals surface area contributed by atoms with Gasteiger partial charge in [0, 0.05) is 5.69 Å². The topological polar surface area (TPSA) is 76.7 Å². The Bertz CT molecular complexity index is 716. The van der Waals surface area contributed by atoms with Crippen molar-refractivity contribution in [2.75, 3.05) is 12.4 Å². The molecule has 2 amide bonds. The van der Waals surface area contributed by atoms with E-state index in [9.17, 15) is 9.59 Å². The van der Waals surface area contributed by atoms with Crippen molar-refractivity contribution in [1.29, 1.82) is 0 Å². The van der Waals surface area contributed by atoms with Gasteiger partial charge in [-0.05, 0) is 42.3 Å². The Morgan fingerprint density at radius 1 is 1.00 bits per heavy atom. The maximum absolute atomic E-state index is 12.2. The molecule has 0 radical (unpaired) electrons. The molecule has 2 N–H and O–H groups in total. The molecular formula is C20H24N2O4. The van der Waals surface area contributed by atoms with Crippen molar-refractivity contribution in [2.24, 2.45) is 5.92 Å². The van der Waals surface area contributed by atoms with Crippen LogP contribution in [-0.4, -0.2) is 25.2 Å². The Hall–Kier alpha value is -3.02. The van der Waals surface area contributed by atoms with Crippen LogP contribution in [-0.2, 0) is 9.53 Å². The molecule has 0 fully saturated rings. The number of methoxy groups -OCH3 is 1. The van der Waals surface area contributed by atoms with Crippen LogP contribution in [0.1, 0.15) is 20.3 Å². The summed E-state index contributed by atoms with van der Waals surface area (Å²) in [4.78, 5) is 24.0. The summed E-state index contributed by atoms with van der Waals surface area (Å²) < 4.78 is 10.5. The first-order valence-corrected chi connectivity index (χ1v) is 8.51. The molecule has 0 heterocycles. The van der Waals surface area contributed by atoms with Crippen molar-refractivity contribution >= 4 is 17.7 Å². The van der Waals surface area contributed by atoms with Crippen LogP contribution in [0.15, 0.2) is 54.6 Å². The number of urea groups is 1. The van der Waals surface area contributed by atoms with Crippen LogP contribution in [0, 0.1) is 5.92 Å². The van der Waals surface area contributed by atoms with Gasteiger partial charge in [0.05, 0.1) is 7.11 Å². The molecule has 26 heavy (non-hydrogen) atoms. The number of carbonyl (C=O) groups excluding carboxylic acids is 2. The van der Waals surface area contributed by atoms with Crippen LogP contribution >= 0.6 is 0 Å². The van der Waals surface area contributed by atoms with Gasteiger partial charge in [-0.2, -0.15) is 0 Å². The van der Waals surface area contributed by atoms with E-state index >= 15 is 0 Å². The standard InChI is InChI=1S/C20H24N2O4/c1-4-14(2)18(19(23)25-3)22-20(24)21-15-10-12-17(13-11-15)26-16-8-6-5-7-9-16/h5-14,18H,4H2,1-3H3,(H2,21,22,24). The molecule has 138 valence electrons. The first-order valence-electron chi connectivity index (χ1n) is 8.51. The molecule has 2 aromatic carbocycles. The predicted molar refractivity (Wildman–Crippen MR) is 100 cm³/mol. The first-order chi connectivity index (χ1) is 12.5. The molecule has 0 bridgehead atoms. The summed E-state index contributed by atoms with van der Waals surface area (Å²) >= 11 is 0. The van der Waals surface area contributed by atoms with Gasteiger partial charge in [-0.3, -0.25) is 0 Å². The van der Waals surface area contributed by atoms with E-state index in [0.29, 0.717) is 11.4 Å². The summed E-state index contributed by atoms with van der Waals surface area (Å²) in [5.74, 6) is 0.908. The minimum Gasteiger partial charge on any atom is -0.467 e. The normalized spacial score (nSPS) is 12.6. The molecule has 0 aliphatic heterocycles. The van der Waals surface area contributed by atoms with Gasteiger partial charge in [-0.15, -0.1) is 0 Å². The molecule has 0 aliphatic carbocycles. The fourth-order valence-electron chi connectivity index (χ4n) is 2.34. The quantitative estimate of drug-likeness (QED) is 0.730. The first kappa shape index (κ1) is 19.3. The van der Waals surface area contributed by atoms with Gasteiger partial charge < -0.3 is 20.1 Å². The molecule has 6 heteroatoms. The zero-order valence-corrected chi connectivity index (χ0v) is 15.2. The predicted octanol–water partition coefficient (Wildman–Crippen LogP) is 4.19. The highest BCUT2D eigenvalue weighted by Crippen LogP contribution is 2.22. The number of ether oxygens (including phenoxy) is 2. The van der Waals surface area contributed by atoms with Crippen LogP contribution in [0.25, 0.3) is 0 Å². The van der Waals surface area contributed by atoms with Crippen molar-refractivity contribution in [2.45, 2.75) is 26.3 Å². The van der Waals surface area contributed by atoms with E-state index in [-0.39, 0.29) is 5.92 Å². The third-order valence-corrected chi connectivity index (χ3v) is 4.05. The van der Waals surface area contributed by atoms with E-state index in [0.717, 1.165) is 12.2 Å². The fraction of sp³-hybridized carbons (Fsp3) is 0.300. The average molecular weight is 356 g/mol. The summed E-state index contributed by atoms with van der Waals surface area (Å²) in [6.07, 6.45) is 0.742. The molecule has 2 atom stereocenters. The minimum absolute atomic E-state index is 0.0325. The van der Waals surface area contributed by atoms with Crippen LogP contribution in [0.2, 0.25) is 0 Å². The van der Waals surface area contributed by atoms with E-state index in [2.05, 4.69) is 10.6 Å². The van der Waals surface area contributed by atoms with Gasteiger partial charge in [0.2, 0.25) is 0 Å². The summed E-state index contributed by atoms with van der Waals surface area (Å²) in [5, 5.41) is 5.37. The monoisotopic (exact) mass is 356 g/mol. The average Bonchev–Trinajstić information content (AvgIpc) is 2.67. The van der Waals surface area contributed by atoms with Crippen LogP contribution in [0.4, 0.5) is 10.5 Å². The molecule has 0 spiro atoms. The Morgan fingerprint density at radius 3 is 2.19 bits per heavy atom. The van der Waals surface area contributed by atoms with E-state index in [4.69, 9.17) is 9.47 Å². The van der Waals surface area contributed by atoms with E-state index in [1.165, 1.54) is 7.11 Å². The summed E-state index contributed by atoms with van der Waals surface area (Å²) in [7, 11) is 1.31. The third-order valence-electron chi connectivity index (χ3n) is 4.05. The van der Waals surface area contributed by atoms with Crippen LogP contribution in [0.5, 0.6) is 11.5 Å². The van der Waals surface area contributed by atoms with E-state index in [1.54, 1.807) is 24.3 Å². The van der Waals surface area contributed by atoms with E-state index in [1.807, 2.05) is 44.2 Å². The minimum atomic E-state index is -0.689. The Morgan fingerprint density at radius 2 is 1.62 bits per heavy atom. The lowest BCUT2D eigenvalue weighted by molar-refractivity contribution is -0.144. The fourth-order valence-corrected chi connectivity index (χ4v) is 2.34. The second kappa shape index (κ2) is 9.46. The summed E-state index contributed by atoms with van der Waals surface area (Å²) in [6, 6.07) is 15.3. The zero-order chi connectivity index (χ0) is 18.9. The molecule has 6 nitrogen and oxygen atoms in total. The van der Waals surface area contributed by atoms with Crippen molar-refractivity contribution in [3.8, 4) is 11.5 Å². The number of hydrogen-bond donors (Lipinski definition) is 2. The Kier molecular flexibility index (Phi) is 7.02. The number of hydrogen-bond acceptors (Lipinski definition) is 4. The van der Waals surface area contributed by atoms with Gasteiger partial charge in [0.1, 0.15) is 17.5 Å². The van der Waals surface area contributed by atoms with E-state index < -0.39 is 18.0 Å². The Labute approximate surface area is 153 Å². The zero-order valence-electron chi connectivity index (χ0n) is 15.2. The maximum Gasteiger partial charge on any atom is 0.328 e. The lowest BCUT2D eigenvalue weighted by Gasteiger charge is -2.22. The molecule has 0 saturated heterocycles. The largest absolute Gasteiger partial charge is 0.467 e. The smallest absolute Gasteiger partial charge is 0.328 e. The van der Waals surface area contributed by atoms with Gasteiger partial charge in [-0.25, -0.2) is 9.59 Å². The number of anilines is 1. The van der Waals surface area contributed by atoms with Crippen molar-refractivity contribution < 1.29 is 19.1 Å². The highest BCUT2D eigenvalue weighted by molar-refractivity contribution is 5.92. The van der Waals surface area contributed by atoms with Gasteiger partial charge >= 0.3 is 12.0 Å². The molecule has 0 aromatic heterocycles. The molecule has 2 aromatic rings. The number of benzene rings is 2. The van der Waals surface area contributed by atoms with Crippen molar-refractivity contribution in [3.05, 3.63) is 54.6 Å². The SMILES string of the molecule is CCC(C)C(NC(=O)Nc1ccc(Oc2ccccc2)cc1)C(=O)OC. The lowest BCUT2D eigenvalue weighted by atomic mass is 9.99. The number of carbonyl (C=O) groups is 2. The van der Waals surface area contributed by atoms with Crippen molar-refractivity contribution in [1.82, 2.24) is 5.32 Å². The number of rotatable bonds is 7. The third kappa shape index (κ3) is 5.51.